The minimum atomic E-state index is 0.255. The number of hydrogen-bond acceptors (Lipinski definition) is 2. The summed E-state index contributed by atoms with van der Waals surface area (Å²) in [4.78, 5) is 2.40. The van der Waals surface area contributed by atoms with Gasteiger partial charge in [-0.1, -0.05) is 20.8 Å². The quantitative estimate of drug-likeness (QED) is 0.634. The molecule has 0 aromatic heterocycles. The average Bonchev–Trinajstić information content (AvgIpc) is 2.36. The van der Waals surface area contributed by atoms with Gasteiger partial charge in [-0.2, -0.15) is 0 Å². The molecule has 0 saturated heterocycles. The normalized spacial score (nSPS) is 13.3. The third-order valence-corrected chi connectivity index (χ3v) is 4.14. The summed E-state index contributed by atoms with van der Waals surface area (Å²) >= 11 is 0. The molecule has 1 atom stereocenters. The molecule has 0 bridgehead atoms. The first-order valence-corrected chi connectivity index (χ1v) is 7.39. The van der Waals surface area contributed by atoms with Gasteiger partial charge in [0.15, 0.2) is 0 Å². The Morgan fingerprint density at radius 3 is 2.17 bits per heavy atom. The Morgan fingerprint density at radius 2 is 1.78 bits per heavy atom. The number of nitrogens with zero attached hydrogens (tertiary/aromatic N) is 1. The molecule has 0 fully saturated rings. The Hall–Kier alpha value is -0.520. The summed E-state index contributed by atoms with van der Waals surface area (Å²) in [5, 5.41) is 3.74. The van der Waals surface area contributed by atoms with Crippen molar-refractivity contribution in [2.45, 2.75) is 71.4 Å². The predicted octanol–water partition coefficient (Wildman–Crippen LogP) is 3.28. The van der Waals surface area contributed by atoms with Crippen LogP contribution in [0.5, 0.6) is 0 Å². The van der Waals surface area contributed by atoms with Crippen LogP contribution in [0.15, 0.2) is 0 Å². The molecular formula is C16H32N2. The van der Waals surface area contributed by atoms with Gasteiger partial charge >= 0.3 is 0 Å². The van der Waals surface area contributed by atoms with E-state index < -0.39 is 0 Å². The standard InChI is InChI=1S/C16H32N2/c1-7-11-12-13-15(17-14-8-2)16(9-3,10-4)18(5)6/h15,17H,8-10,12-14H2,1-6H3. The fraction of sp³-hybridized carbons (Fsp3) is 0.875. The summed E-state index contributed by atoms with van der Waals surface area (Å²) in [5.41, 5.74) is 0.255. The number of rotatable bonds is 9. The van der Waals surface area contributed by atoms with E-state index in [-0.39, 0.29) is 5.54 Å². The van der Waals surface area contributed by atoms with Gasteiger partial charge in [-0.05, 0) is 53.2 Å². The molecule has 0 heterocycles. The van der Waals surface area contributed by atoms with Gasteiger partial charge in [0, 0.05) is 18.0 Å². The number of nitrogens with one attached hydrogen (secondary N) is 1. The van der Waals surface area contributed by atoms with Crippen molar-refractivity contribution in [1.82, 2.24) is 10.2 Å². The van der Waals surface area contributed by atoms with Crippen molar-refractivity contribution < 1.29 is 0 Å². The molecule has 0 aromatic carbocycles. The highest BCUT2D eigenvalue weighted by molar-refractivity contribution is 5.01. The van der Waals surface area contributed by atoms with Crippen molar-refractivity contribution in [3.63, 3.8) is 0 Å². The molecule has 0 saturated carbocycles. The third-order valence-electron chi connectivity index (χ3n) is 4.14. The number of likely N-dealkylation sites (N-methyl/N-ethyl adjacent to an activating group) is 1. The van der Waals surface area contributed by atoms with E-state index in [4.69, 9.17) is 0 Å². The van der Waals surface area contributed by atoms with Gasteiger partial charge in [-0.15, -0.1) is 11.8 Å². The molecule has 2 heteroatoms. The van der Waals surface area contributed by atoms with Gasteiger partial charge < -0.3 is 10.2 Å². The molecule has 0 rings (SSSR count). The van der Waals surface area contributed by atoms with Crippen molar-refractivity contribution in [1.29, 1.82) is 0 Å². The molecule has 0 amide bonds. The van der Waals surface area contributed by atoms with Crippen molar-refractivity contribution >= 4 is 0 Å². The van der Waals surface area contributed by atoms with Crippen LogP contribution >= 0.6 is 0 Å². The molecule has 106 valence electrons. The first-order chi connectivity index (χ1) is 8.58. The maximum absolute atomic E-state index is 3.74. The maximum Gasteiger partial charge on any atom is 0.0351 e. The van der Waals surface area contributed by atoms with Crippen LogP contribution in [-0.4, -0.2) is 37.1 Å². The zero-order valence-electron chi connectivity index (χ0n) is 13.3. The Kier molecular flexibility index (Phi) is 9.14. The second-order valence-corrected chi connectivity index (χ2v) is 5.18. The summed E-state index contributed by atoms with van der Waals surface area (Å²) in [6.07, 6.45) is 5.68. The highest BCUT2D eigenvalue weighted by atomic mass is 15.2. The molecule has 0 radical (unpaired) electrons. The van der Waals surface area contributed by atoms with Gasteiger partial charge in [0.05, 0.1) is 0 Å². The zero-order valence-corrected chi connectivity index (χ0v) is 13.3. The Morgan fingerprint density at radius 1 is 1.17 bits per heavy atom. The molecule has 1 N–H and O–H groups in total. The van der Waals surface area contributed by atoms with E-state index in [0.29, 0.717) is 6.04 Å². The van der Waals surface area contributed by atoms with Gasteiger partial charge in [0.25, 0.3) is 0 Å². The lowest BCUT2D eigenvalue weighted by Crippen LogP contribution is -2.58. The largest absolute Gasteiger partial charge is 0.312 e. The van der Waals surface area contributed by atoms with E-state index in [0.717, 1.165) is 19.4 Å². The van der Waals surface area contributed by atoms with Crippen LogP contribution in [0.1, 0.15) is 59.8 Å². The second kappa shape index (κ2) is 9.42. The van der Waals surface area contributed by atoms with Crippen molar-refractivity contribution in [2.24, 2.45) is 0 Å². The molecule has 0 aliphatic rings. The van der Waals surface area contributed by atoms with Gasteiger partial charge in [-0.25, -0.2) is 0 Å². The Balaban J connectivity index is 4.88. The van der Waals surface area contributed by atoms with Crippen molar-refractivity contribution in [3.05, 3.63) is 0 Å². The van der Waals surface area contributed by atoms with Gasteiger partial charge in [-0.3, -0.25) is 0 Å². The molecule has 1 unspecified atom stereocenters. The molecule has 0 spiro atoms. The topological polar surface area (TPSA) is 15.3 Å². The van der Waals surface area contributed by atoms with Crippen LogP contribution in [0.3, 0.4) is 0 Å². The SMILES string of the molecule is CC#CCCC(NCCC)C(CC)(CC)N(C)C. The second-order valence-electron chi connectivity index (χ2n) is 5.18. The van der Waals surface area contributed by atoms with Crippen LogP contribution in [0.25, 0.3) is 0 Å². The van der Waals surface area contributed by atoms with Crippen LogP contribution in [-0.2, 0) is 0 Å². The van der Waals surface area contributed by atoms with E-state index in [1.807, 2.05) is 6.92 Å². The highest BCUT2D eigenvalue weighted by Gasteiger charge is 2.36. The monoisotopic (exact) mass is 252 g/mol. The lowest BCUT2D eigenvalue weighted by molar-refractivity contribution is 0.0848. The Bertz CT molecular complexity index is 256. The summed E-state index contributed by atoms with van der Waals surface area (Å²) in [6, 6.07) is 0.531. The Labute approximate surface area is 115 Å². The van der Waals surface area contributed by atoms with E-state index >= 15 is 0 Å². The highest BCUT2D eigenvalue weighted by Crippen LogP contribution is 2.28. The van der Waals surface area contributed by atoms with Crippen LogP contribution in [0, 0.1) is 11.8 Å². The maximum atomic E-state index is 3.74. The van der Waals surface area contributed by atoms with Crippen LogP contribution in [0.2, 0.25) is 0 Å². The lowest BCUT2D eigenvalue weighted by atomic mass is 9.81. The van der Waals surface area contributed by atoms with Gasteiger partial charge in [0.1, 0.15) is 0 Å². The minimum absolute atomic E-state index is 0.255. The van der Waals surface area contributed by atoms with E-state index in [1.165, 1.54) is 19.3 Å². The van der Waals surface area contributed by atoms with Crippen molar-refractivity contribution in [2.75, 3.05) is 20.6 Å². The fourth-order valence-corrected chi connectivity index (χ4v) is 2.91. The van der Waals surface area contributed by atoms with E-state index in [9.17, 15) is 0 Å². The molecule has 0 aromatic rings. The van der Waals surface area contributed by atoms with E-state index in [1.54, 1.807) is 0 Å². The molecule has 0 aliphatic heterocycles. The van der Waals surface area contributed by atoms with Crippen LogP contribution < -0.4 is 5.32 Å². The molecule has 18 heavy (non-hydrogen) atoms. The van der Waals surface area contributed by atoms with Crippen LogP contribution in [0.4, 0.5) is 0 Å². The smallest absolute Gasteiger partial charge is 0.0351 e. The third kappa shape index (κ3) is 4.63. The number of hydrogen-bond donors (Lipinski definition) is 1. The molecule has 2 nitrogen and oxygen atoms in total. The average molecular weight is 252 g/mol. The molecular weight excluding hydrogens is 220 g/mol. The first-order valence-electron chi connectivity index (χ1n) is 7.39. The first kappa shape index (κ1) is 17.5. The summed E-state index contributed by atoms with van der Waals surface area (Å²) < 4.78 is 0. The van der Waals surface area contributed by atoms with Gasteiger partial charge in [0.2, 0.25) is 0 Å². The fourth-order valence-electron chi connectivity index (χ4n) is 2.91. The summed E-state index contributed by atoms with van der Waals surface area (Å²) in [6.45, 7) is 9.85. The van der Waals surface area contributed by atoms with E-state index in [2.05, 4.69) is 56.9 Å². The lowest BCUT2D eigenvalue weighted by Gasteiger charge is -2.45. The molecule has 0 aliphatic carbocycles. The predicted molar refractivity (Wildman–Crippen MR) is 81.8 cm³/mol. The zero-order chi connectivity index (χ0) is 14.0. The van der Waals surface area contributed by atoms with Crippen molar-refractivity contribution in [3.8, 4) is 11.8 Å². The summed E-state index contributed by atoms with van der Waals surface area (Å²) in [5.74, 6) is 6.21. The summed E-state index contributed by atoms with van der Waals surface area (Å²) in [7, 11) is 4.41. The minimum Gasteiger partial charge on any atom is -0.312 e.